The van der Waals surface area contributed by atoms with Crippen LogP contribution in [-0.2, 0) is 0 Å². The molecule has 2 rings (SSSR count). The largest absolute Gasteiger partial charge is 0.497 e. The van der Waals surface area contributed by atoms with Gasteiger partial charge in [-0.15, -0.1) is 0 Å². The van der Waals surface area contributed by atoms with Crippen molar-refractivity contribution in [2.24, 2.45) is 0 Å². The number of benzene rings is 1. The highest BCUT2D eigenvalue weighted by molar-refractivity contribution is 5.86. The number of carboxylic acid groups (broad SMARTS) is 1. The second-order valence-electron chi connectivity index (χ2n) is 3.95. The first-order valence-corrected chi connectivity index (χ1v) is 5.70. The van der Waals surface area contributed by atoms with Crippen LogP contribution in [0.5, 0.6) is 5.75 Å². The first-order valence-electron chi connectivity index (χ1n) is 5.70. The average molecular weight is 258 g/mol. The summed E-state index contributed by atoms with van der Waals surface area (Å²) in [5, 5.41) is 8.94. The third kappa shape index (κ3) is 2.82. The van der Waals surface area contributed by atoms with E-state index < -0.39 is 5.97 Å². The van der Waals surface area contributed by atoms with Crippen LogP contribution in [0.25, 0.3) is 0 Å². The number of hydrogen-bond donors (Lipinski definition) is 1. The highest BCUT2D eigenvalue weighted by atomic mass is 16.5. The fourth-order valence-corrected chi connectivity index (χ4v) is 1.68. The fourth-order valence-electron chi connectivity index (χ4n) is 1.68. The lowest BCUT2D eigenvalue weighted by atomic mass is 10.2. The van der Waals surface area contributed by atoms with Crippen LogP contribution in [0.15, 0.2) is 42.5 Å². The molecule has 0 saturated carbocycles. The normalized spacial score (nSPS) is 10.0. The van der Waals surface area contributed by atoms with E-state index >= 15 is 0 Å². The van der Waals surface area contributed by atoms with E-state index in [0.717, 1.165) is 11.4 Å². The van der Waals surface area contributed by atoms with Crippen molar-refractivity contribution in [1.29, 1.82) is 0 Å². The van der Waals surface area contributed by atoms with Crippen LogP contribution in [0.4, 0.5) is 11.5 Å². The molecule has 0 bridgehead atoms. The van der Waals surface area contributed by atoms with Gasteiger partial charge in [-0.2, -0.15) is 0 Å². The molecule has 0 fully saturated rings. The number of aromatic carboxylic acids is 1. The zero-order valence-electron chi connectivity index (χ0n) is 10.7. The van der Waals surface area contributed by atoms with Gasteiger partial charge in [0.15, 0.2) is 5.69 Å². The summed E-state index contributed by atoms with van der Waals surface area (Å²) in [6, 6.07) is 12.4. The van der Waals surface area contributed by atoms with E-state index in [1.807, 2.05) is 31.3 Å². The van der Waals surface area contributed by atoms with Crippen molar-refractivity contribution in [2.45, 2.75) is 0 Å². The summed E-state index contributed by atoms with van der Waals surface area (Å²) in [5.74, 6) is 0.257. The van der Waals surface area contributed by atoms with Gasteiger partial charge in [0.05, 0.1) is 7.11 Å². The van der Waals surface area contributed by atoms with Crippen LogP contribution >= 0.6 is 0 Å². The maximum atomic E-state index is 10.9. The summed E-state index contributed by atoms with van der Waals surface area (Å²) in [5.41, 5.74) is 0.890. The molecule has 1 aromatic carbocycles. The second kappa shape index (κ2) is 5.39. The monoisotopic (exact) mass is 258 g/mol. The molecule has 0 spiro atoms. The van der Waals surface area contributed by atoms with Crippen molar-refractivity contribution in [3.8, 4) is 5.75 Å². The molecule has 0 radical (unpaired) electrons. The maximum absolute atomic E-state index is 10.9. The quantitative estimate of drug-likeness (QED) is 0.913. The van der Waals surface area contributed by atoms with Crippen LogP contribution in [0.2, 0.25) is 0 Å². The Labute approximate surface area is 111 Å². The molecule has 1 N–H and O–H groups in total. The van der Waals surface area contributed by atoms with Gasteiger partial charge < -0.3 is 14.7 Å². The predicted octanol–water partition coefficient (Wildman–Crippen LogP) is 2.56. The minimum absolute atomic E-state index is 0.0206. The number of carbonyl (C=O) groups is 1. The van der Waals surface area contributed by atoms with Crippen LogP contribution in [0, 0.1) is 0 Å². The molecule has 0 aliphatic rings. The Morgan fingerprint density at radius 1 is 1.26 bits per heavy atom. The van der Waals surface area contributed by atoms with Gasteiger partial charge in [0, 0.05) is 18.8 Å². The molecular weight excluding hydrogens is 244 g/mol. The van der Waals surface area contributed by atoms with Gasteiger partial charge in [-0.1, -0.05) is 12.1 Å². The SMILES string of the molecule is COc1cccc(N(C)c2cccc(C(=O)O)n2)c1. The molecule has 0 aliphatic carbocycles. The van der Waals surface area contributed by atoms with Crippen molar-refractivity contribution in [3.63, 3.8) is 0 Å². The number of ether oxygens (including phenoxy) is 1. The van der Waals surface area contributed by atoms with Crippen LogP contribution in [0.1, 0.15) is 10.5 Å². The molecule has 1 aromatic heterocycles. The summed E-state index contributed by atoms with van der Waals surface area (Å²) in [4.78, 5) is 16.8. The summed E-state index contributed by atoms with van der Waals surface area (Å²) < 4.78 is 5.16. The van der Waals surface area contributed by atoms with E-state index in [4.69, 9.17) is 9.84 Å². The molecule has 98 valence electrons. The Morgan fingerprint density at radius 3 is 2.68 bits per heavy atom. The van der Waals surface area contributed by atoms with Crippen molar-refractivity contribution in [2.75, 3.05) is 19.1 Å². The Morgan fingerprint density at radius 2 is 2.00 bits per heavy atom. The van der Waals surface area contributed by atoms with Crippen LogP contribution < -0.4 is 9.64 Å². The van der Waals surface area contributed by atoms with Gasteiger partial charge in [0.1, 0.15) is 11.6 Å². The molecule has 0 amide bonds. The topological polar surface area (TPSA) is 62.7 Å². The van der Waals surface area contributed by atoms with Crippen LogP contribution in [0.3, 0.4) is 0 Å². The van der Waals surface area contributed by atoms with Crippen molar-refractivity contribution in [1.82, 2.24) is 4.98 Å². The number of aromatic nitrogens is 1. The van der Waals surface area contributed by atoms with Crippen LogP contribution in [-0.4, -0.2) is 30.2 Å². The molecule has 0 unspecified atom stereocenters. The van der Waals surface area contributed by atoms with E-state index in [1.165, 1.54) is 6.07 Å². The summed E-state index contributed by atoms with van der Waals surface area (Å²) in [7, 11) is 3.42. The highest BCUT2D eigenvalue weighted by Gasteiger charge is 2.10. The number of carboxylic acids is 1. The maximum Gasteiger partial charge on any atom is 0.354 e. The molecule has 5 nitrogen and oxygen atoms in total. The molecule has 1 heterocycles. The molecule has 2 aromatic rings. The average Bonchev–Trinajstić information content (AvgIpc) is 2.46. The Hall–Kier alpha value is -2.56. The van der Waals surface area contributed by atoms with Crippen molar-refractivity contribution >= 4 is 17.5 Å². The minimum atomic E-state index is -1.04. The minimum Gasteiger partial charge on any atom is -0.497 e. The van der Waals surface area contributed by atoms with E-state index in [0.29, 0.717) is 5.82 Å². The zero-order chi connectivity index (χ0) is 13.8. The molecule has 19 heavy (non-hydrogen) atoms. The van der Waals surface area contributed by atoms with E-state index in [-0.39, 0.29) is 5.69 Å². The van der Waals surface area contributed by atoms with Crippen molar-refractivity contribution < 1.29 is 14.6 Å². The third-order valence-electron chi connectivity index (χ3n) is 2.74. The van der Waals surface area contributed by atoms with E-state index in [9.17, 15) is 4.79 Å². The summed E-state index contributed by atoms with van der Waals surface area (Å²) in [6.45, 7) is 0. The number of anilines is 2. The molecule has 0 saturated heterocycles. The van der Waals surface area contributed by atoms with E-state index in [1.54, 1.807) is 24.1 Å². The molecular formula is C14H14N2O3. The van der Waals surface area contributed by atoms with Gasteiger partial charge in [0.25, 0.3) is 0 Å². The Kier molecular flexibility index (Phi) is 3.66. The molecule has 0 atom stereocenters. The van der Waals surface area contributed by atoms with Gasteiger partial charge in [-0.25, -0.2) is 9.78 Å². The highest BCUT2D eigenvalue weighted by Crippen LogP contribution is 2.25. The Bertz CT molecular complexity index is 599. The van der Waals surface area contributed by atoms with Crippen molar-refractivity contribution in [3.05, 3.63) is 48.2 Å². The third-order valence-corrected chi connectivity index (χ3v) is 2.74. The van der Waals surface area contributed by atoms with Gasteiger partial charge in [-0.05, 0) is 24.3 Å². The number of rotatable bonds is 4. The van der Waals surface area contributed by atoms with E-state index in [2.05, 4.69) is 4.98 Å². The lowest BCUT2D eigenvalue weighted by Crippen LogP contribution is -2.13. The van der Waals surface area contributed by atoms with Gasteiger partial charge >= 0.3 is 5.97 Å². The standard InChI is InChI=1S/C14H14N2O3/c1-16(10-5-3-6-11(9-10)19-2)13-8-4-7-12(15-13)14(17)18/h3-9H,1-2H3,(H,17,18). The predicted molar refractivity (Wildman–Crippen MR) is 72.3 cm³/mol. The number of pyridine rings is 1. The zero-order valence-corrected chi connectivity index (χ0v) is 10.7. The summed E-state index contributed by atoms with van der Waals surface area (Å²) >= 11 is 0. The second-order valence-corrected chi connectivity index (χ2v) is 3.95. The van der Waals surface area contributed by atoms with Gasteiger partial charge in [0.2, 0.25) is 0 Å². The number of nitrogens with zero attached hydrogens (tertiary/aromatic N) is 2. The Balaban J connectivity index is 2.35. The molecule has 0 aliphatic heterocycles. The fraction of sp³-hybridized carbons (Fsp3) is 0.143. The smallest absolute Gasteiger partial charge is 0.354 e. The first-order chi connectivity index (χ1) is 9.11. The lowest BCUT2D eigenvalue weighted by molar-refractivity contribution is 0.0690. The molecule has 5 heteroatoms. The summed E-state index contributed by atoms with van der Waals surface area (Å²) in [6.07, 6.45) is 0. The number of methoxy groups -OCH3 is 1. The lowest BCUT2D eigenvalue weighted by Gasteiger charge is -2.19. The van der Waals surface area contributed by atoms with Gasteiger partial charge in [-0.3, -0.25) is 0 Å². The first kappa shape index (κ1) is 12.9. The number of hydrogen-bond acceptors (Lipinski definition) is 4.